The minimum absolute atomic E-state index is 0. The zero-order chi connectivity index (χ0) is 38.2. The van der Waals surface area contributed by atoms with Crippen LogP contribution >= 0.6 is 0 Å². The smallest absolute Gasteiger partial charge is 1.00 e. The van der Waals surface area contributed by atoms with Crippen LogP contribution in [0.15, 0.2) is 157 Å². The fourth-order valence-electron chi connectivity index (χ4n) is 10.3. The Balaban J connectivity index is 0.00000235. The van der Waals surface area contributed by atoms with E-state index in [1.54, 1.807) is 22.3 Å². The van der Waals surface area contributed by atoms with Crippen LogP contribution in [0.4, 0.5) is 0 Å². The second-order valence-corrected chi connectivity index (χ2v) is 34.8. The van der Waals surface area contributed by atoms with Crippen molar-refractivity contribution in [3.05, 3.63) is 179 Å². The Kier molecular flexibility index (Phi) is 11.4. The molecule has 0 spiro atoms. The molecular formula is C54H48Cl2SiZr. The van der Waals surface area contributed by atoms with Crippen molar-refractivity contribution in [2.45, 2.75) is 48.0 Å². The third-order valence-corrected chi connectivity index (χ3v) is 32.1. The van der Waals surface area contributed by atoms with Crippen molar-refractivity contribution in [1.29, 1.82) is 0 Å². The summed E-state index contributed by atoms with van der Waals surface area (Å²) in [4.78, 5) is 0. The number of allylic oxidation sites excluding steroid dienone is 2. The molecule has 0 amide bonds. The van der Waals surface area contributed by atoms with Crippen molar-refractivity contribution in [2.75, 3.05) is 0 Å². The molecule has 0 nitrogen and oxygen atoms in total. The third kappa shape index (κ3) is 6.51. The van der Waals surface area contributed by atoms with E-state index in [9.17, 15) is 0 Å². The van der Waals surface area contributed by atoms with Crippen molar-refractivity contribution >= 4 is 60.7 Å². The quantitative estimate of drug-likeness (QED) is 0.115. The second-order valence-electron chi connectivity index (χ2n) is 16.9. The predicted octanol–water partition coefficient (Wildman–Crippen LogP) is 9.40. The number of halogens is 2. The summed E-state index contributed by atoms with van der Waals surface area (Å²) in [6.07, 6.45) is 5.35. The molecule has 0 saturated carbocycles. The van der Waals surface area contributed by atoms with Gasteiger partial charge in [-0.15, -0.1) is 0 Å². The number of hydrogen-bond donors (Lipinski definition) is 0. The minimum atomic E-state index is -2.44. The van der Waals surface area contributed by atoms with Crippen LogP contribution in [0.3, 0.4) is 0 Å². The van der Waals surface area contributed by atoms with E-state index in [2.05, 4.69) is 199 Å². The van der Waals surface area contributed by atoms with Gasteiger partial charge in [-0.05, 0) is 0 Å². The summed E-state index contributed by atoms with van der Waals surface area (Å²) in [6.45, 7) is 15.2. The number of benzene rings is 8. The van der Waals surface area contributed by atoms with Crippen LogP contribution in [-0.4, -0.2) is 5.43 Å². The van der Waals surface area contributed by atoms with Crippen molar-refractivity contribution < 1.29 is 45.2 Å². The van der Waals surface area contributed by atoms with Gasteiger partial charge in [-0.25, -0.2) is 0 Å². The Bertz CT molecular complexity index is 2710. The predicted molar refractivity (Wildman–Crippen MR) is 242 cm³/mol. The van der Waals surface area contributed by atoms with Crippen molar-refractivity contribution in [2.24, 2.45) is 11.8 Å². The molecule has 0 N–H and O–H groups in total. The van der Waals surface area contributed by atoms with Crippen LogP contribution < -0.4 is 24.8 Å². The summed E-state index contributed by atoms with van der Waals surface area (Å²) in [5.41, 5.74) is 14.5. The molecule has 0 heterocycles. The van der Waals surface area contributed by atoms with Gasteiger partial charge in [0.2, 0.25) is 0 Å². The average molecular weight is 887 g/mol. The summed E-state index contributed by atoms with van der Waals surface area (Å²) in [5, 5.41) is 10.6. The van der Waals surface area contributed by atoms with E-state index in [4.69, 9.17) is 0 Å². The molecule has 0 aliphatic heterocycles. The van der Waals surface area contributed by atoms with E-state index < -0.39 is 25.8 Å². The number of hydrogen-bond acceptors (Lipinski definition) is 0. The maximum atomic E-state index is 2.68. The average Bonchev–Trinajstić information content (AvgIpc) is 3.79. The zero-order valence-corrected chi connectivity index (χ0v) is 39.0. The topological polar surface area (TPSA) is 0 Å². The zero-order valence-electron chi connectivity index (χ0n) is 34.1. The molecule has 2 aliphatic rings. The summed E-state index contributed by atoms with van der Waals surface area (Å²) in [7, 11) is 0. The summed E-state index contributed by atoms with van der Waals surface area (Å²) >= 11 is -2.44. The molecule has 4 heteroatoms. The first-order valence-electron chi connectivity index (χ1n) is 20.5. The van der Waals surface area contributed by atoms with Crippen LogP contribution in [0.5, 0.6) is 0 Å². The van der Waals surface area contributed by atoms with Gasteiger partial charge in [0.15, 0.2) is 0 Å². The fraction of sp³-hybridized carbons (Fsp3) is 0.185. The SMILES string of the molecule is CC(C)C1=Cc2c(-c3c4ccccc4cc4ccccc34)cccc2[CH]1[Zr+2]([CH]1C(C(C)C)=Cc2c(-c3c4ccccc4cc4ccccc34)cccc21)=[Si](C)C.[Cl-].[Cl-]. The monoisotopic (exact) mass is 884 g/mol. The van der Waals surface area contributed by atoms with E-state index >= 15 is 0 Å². The van der Waals surface area contributed by atoms with E-state index in [0.29, 0.717) is 19.1 Å². The van der Waals surface area contributed by atoms with Crippen molar-refractivity contribution in [3.8, 4) is 22.3 Å². The summed E-state index contributed by atoms with van der Waals surface area (Å²) in [6, 6.07) is 55.5. The Hall–Kier alpha value is -4.04. The largest absolute Gasteiger partial charge is 1.00 e. The van der Waals surface area contributed by atoms with Gasteiger partial charge >= 0.3 is 342 Å². The van der Waals surface area contributed by atoms with E-state index in [1.165, 1.54) is 76.5 Å². The summed E-state index contributed by atoms with van der Waals surface area (Å²) < 4.78 is 1.11. The van der Waals surface area contributed by atoms with Crippen molar-refractivity contribution in [3.63, 3.8) is 0 Å². The Labute approximate surface area is 364 Å². The third-order valence-electron chi connectivity index (χ3n) is 12.8. The van der Waals surface area contributed by atoms with Crippen LogP contribution in [0.1, 0.15) is 57.2 Å². The van der Waals surface area contributed by atoms with Gasteiger partial charge in [0, 0.05) is 0 Å². The van der Waals surface area contributed by atoms with Gasteiger partial charge in [0.1, 0.15) is 0 Å². The maximum Gasteiger partial charge on any atom is -1.00 e. The molecule has 2 aliphatic carbocycles. The molecule has 2 atom stereocenters. The van der Waals surface area contributed by atoms with Crippen LogP contribution in [-0.2, 0) is 20.4 Å². The molecular weight excluding hydrogens is 839 g/mol. The minimum Gasteiger partial charge on any atom is -1.00 e. The number of fused-ring (bicyclic) bond motifs is 6. The van der Waals surface area contributed by atoms with Gasteiger partial charge < -0.3 is 24.8 Å². The second kappa shape index (κ2) is 16.2. The molecule has 0 radical (unpaired) electrons. The Morgan fingerprint density at radius 3 is 1.07 bits per heavy atom. The van der Waals surface area contributed by atoms with Crippen molar-refractivity contribution in [1.82, 2.24) is 0 Å². The first-order valence-corrected chi connectivity index (χ1v) is 29.5. The molecule has 0 bridgehead atoms. The Morgan fingerprint density at radius 1 is 0.431 bits per heavy atom. The normalized spacial score (nSPS) is 15.5. The first-order chi connectivity index (χ1) is 27.3. The molecule has 0 fully saturated rings. The van der Waals surface area contributed by atoms with Gasteiger partial charge in [0.25, 0.3) is 0 Å². The first kappa shape index (κ1) is 40.7. The molecule has 2 unspecified atom stereocenters. The van der Waals surface area contributed by atoms with Crippen LogP contribution in [0, 0.1) is 11.8 Å². The molecule has 286 valence electrons. The standard InChI is InChI=1S/2C26H21.C2H6Si.2ClH.Zr/c2*1-17(2)21-15-20-10-7-13-24(25(20)16-21)26-22-11-5-3-8-18(22)14-19-9-4-6-12-23(19)26;1-3-2;;;/h2*3-17H,1-2H3;1-2H3;2*1H;/q;;;;;+2/p-2. The molecule has 8 aromatic rings. The van der Waals surface area contributed by atoms with Crippen LogP contribution in [0.2, 0.25) is 13.1 Å². The van der Waals surface area contributed by atoms with Crippen LogP contribution in [0.25, 0.3) is 77.5 Å². The van der Waals surface area contributed by atoms with Gasteiger partial charge in [-0.1, -0.05) is 0 Å². The fourth-order valence-corrected chi connectivity index (χ4v) is 31.3. The molecule has 58 heavy (non-hydrogen) atoms. The molecule has 0 aromatic heterocycles. The molecule has 10 rings (SSSR count). The molecule has 0 saturated heterocycles. The molecule has 8 aromatic carbocycles. The maximum absolute atomic E-state index is 2.68. The van der Waals surface area contributed by atoms with E-state index in [1.807, 2.05) is 0 Å². The Morgan fingerprint density at radius 2 is 0.759 bits per heavy atom. The van der Waals surface area contributed by atoms with Gasteiger partial charge in [-0.3, -0.25) is 0 Å². The van der Waals surface area contributed by atoms with E-state index in [-0.39, 0.29) is 24.8 Å². The van der Waals surface area contributed by atoms with E-state index in [0.717, 1.165) is 0 Å². The number of rotatable bonds is 6. The van der Waals surface area contributed by atoms with Gasteiger partial charge in [-0.2, -0.15) is 0 Å². The van der Waals surface area contributed by atoms with Gasteiger partial charge in [0.05, 0.1) is 0 Å². The summed E-state index contributed by atoms with van der Waals surface area (Å²) in [5.74, 6) is 0.976.